The van der Waals surface area contributed by atoms with Gasteiger partial charge in [-0.05, 0) is 24.8 Å². The van der Waals surface area contributed by atoms with Gasteiger partial charge < -0.3 is 4.90 Å². The quantitative estimate of drug-likeness (QED) is 0.567. The molecule has 10 heavy (non-hydrogen) atoms. The maximum Gasteiger partial charge on any atom is 0.0382 e. The molecule has 1 nitrogen and oxygen atoms in total. The van der Waals surface area contributed by atoms with Crippen molar-refractivity contribution in [3.05, 3.63) is 12.3 Å². The summed E-state index contributed by atoms with van der Waals surface area (Å²) in [6.07, 6.45) is 7.22. The summed E-state index contributed by atoms with van der Waals surface area (Å²) in [7, 11) is 0. The molecule has 0 radical (unpaired) electrons. The fraction of sp³-hybridized carbons (Fsp3) is 0.750. The first-order valence-electron chi connectivity index (χ1n) is 3.97. The lowest BCUT2D eigenvalue weighted by Gasteiger charge is -2.22. The molecule has 0 bridgehead atoms. The molecule has 56 valence electrons. The van der Waals surface area contributed by atoms with E-state index in [1.54, 1.807) is 0 Å². The Morgan fingerprint density at radius 1 is 1.50 bits per heavy atom. The summed E-state index contributed by atoms with van der Waals surface area (Å²) in [5.41, 5.74) is 0. The van der Waals surface area contributed by atoms with E-state index < -0.39 is 0 Å². The van der Waals surface area contributed by atoms with Crippen LogP contribution in [0.5, 0.6) is 0 Å². The second-order valence-electron chi connectivity index (χ2n) is 2.93. The summed E-state index contributed by atoms with van der Waals surface area (Å²) in [5, 5.41) is 0. The van der Waals surface area contributed by atoms with E-state index in [0.717, 1.165) is 6.04 Å². The van der Waals surface area contributed by atoms with Gasteiger partial charge in [-0.15, -0.1) is 0 Å². The van der Waals surface area contributed by atoms with Crippen molar-refractivity contribution in [2.24, 2.45) is 0 Å². The minimum absolute atomic E-state index is 0.865. The van der Waals surface area contributed by atoms with Crippen LogP contribution < -0.4 is 0 Å². The fourth-order valence-corrected chi connectivity index (χ4v) is 2.83. The van der Waals surface area contributed by atoms with Gasteiger partial charge in [-0.25, -0.2) is 0 Å². The molecule has 0 amide bonds. The highest BCUT2D eigenvalue weighted by atomic mass is 32.2. The van der Waals surface area contributed by atoms with Gasteiger partial charge in [0.1, 0.15) is 0 Å². The van der Waals surface area contributed by atoms with Crippen molar-refractivity contribution >= 4 is 11.8 Å². The molecule has 2 aliphatic rings. The largest absolute Gasteiger partial charge is 0.374 e. The van der Waals surface area contributed by atoms with E-state index in [4.69, 9.17) is 0 Å². The molecule has 1 saturated heterocycles. The maximum atomic E-state index is 2.50. The van der Waals surface area contributed by atoms with Crippen molar-refractivity contribution in [1.29, 1.82) is 0 Å². The highest BCUT2D eigenvalue weighted by Gasteiger charge is 2.21. The van der Waals surface area contributed by atoms with Crippen molar-refractivity contribution in [3.8, 4) is 0 Å². The van der Waals surface area contributed by atoms with E-state index in [1.807, 2.05) is 0 Å². The van der Waals surface area contributed by atoms with Crippen molar-refractivity contribution in [2.75, 3.05) is 18.1 Å². The second-order valence-corrected chi connectivity index (χ2v) is 4.08. The molecule has 0 aromatic carbocycles. The molecule has 2 rings (SSSR count). The molecular weight excluding hydrogens is 142 g/mol. The van der Waals surface area contributed by atoms with Crippen LogP contribution in [0.25, 0.3) is 0 Å². The van der Waals surface area contributed by atoms with E-state index >= 15 is 0 Å². The Balaban J connectivity index is 1.91. The SMILES string of the molecule is C1=CN(C2CCSC2)CC1. The summed E-state index contributed by atoms with van der Waals surface area (Å²) >= 11 is 2.09. The Bertz CT molecular complexity index is 138. The molecule has 0 spiro atoms. The van der Waals surface area contributed by atoms with Crippen LogP contribution in [0, 0.1) is 0 Å². The van der Waals surface area contributed by atoms with Gasteiger partial charge in [-0.1, -0.05) is 6.08 Å². The van der Waals surface area contributed by atoms with E-state index in [9.17, 15) is 0 Å². The molecule has 1 unspecified atom stereocenters. The number of rotatable bonds is 1. The molecule has 1 atom stereocenters. The third-order valence-corrected chi connectivity index (χ3v) is 3.37. The molecule has 0 N–H and O–H groups in total. The molecule has 2 heterocycles. The normalized spacial score (nSPS) is 32.0. The van der Waals surface area contributed by atoms with E-state index in [-0.39, 0.29) is 0 Å². The maximum absolute atomic E-state index is 2.50. The number of hydrogen-bond acceptors (Lipinski definition) is 2. The first-order chi connectivity index (χ1) is 4.97. The van der Waals surface area contributed by atoms with Gasteiger partial charge in [0.15, 0.2) is 0 Å². The molecule has 2 aliphatic heterocycles. The number of nitrogens with zero attached hydrogens (tertiary/aromatic N) is 1. The first kappa shape index (κ1) is 6.59. The van der Waals surface area contributed by atoms with Crippen LogP contribution in [-0.4, -0.2) is 29.0 Å². The Morgan fingerprint density at radius 2 is 2.50 bits per heavy atom. The van der Waals surface area contributed by atoms with Crippen LogP contribution in [0.4, 0.5) is 0 Å². The van der Waals surface area contributed by atoms with Gasteiger partial charge in [0.05, 0.1) is 0 Å². The zero-order valence-corrected chi connectivity index (χ0v) is 6.94. The van der Waals surface area contributed by atoms with Crippen LogP contribution in [0.3, 0.4) is 0 Å². The summed E-state index contributed by atoms with van der Waals surface area (Å²) in [6.45, 7) is 1.27. The van der Waals surface area contributed by atoms with Gasteiger partial charge >= 0.3 is 0 Å². The standard InChI is InChI=1S/C8H13NS/c1-2-5-9(4-1)8-3-6-10-7-8/h1,4,8H,2-3,5-7H2. The fourth-order valence-electron chi connectivity index (χ4n) is 1.60. The summed E-state index contributed by atoms with van der Waals surface area (Å²) in [6, 6.07) is 0.865. The Morgan fingerprint density at radius 3 is 3.10 bits per heavy atom. The predicted molar refractivity (Wildman–Crippen MR) is 46.2 cm³/mol. The van der Waals surface area contributed by atoms with Crippen LogP contribution in [0.2, 0.25) is 0 Å². The summed E-state index contributed by atoms with van der Waals surface area (Å²) < 4.78 is 0. The topological polar surface area (TPSA) is 3.24 Å². The van der Waals surface area contributed by atoms with Crippen molar-refractivity contribution in [1.82, 2.24) is 4.90 Å². The molecule has 1 fully saturated rings. The zero-order valence-electron chi connectivity index (χ0n) is 6.12. The lowest BCUT2D eigenvalue weighted by atomic mass is 10.2. The third-order valence-electron chi connectivity index (χ3n) is 2.23. The lowest BCUT2D eigenvalue weighted by molar-refractivity contribution is 0.321. The van der Waals surface area contributed by atoms with E-state index in [1.165, 1.54) is 30.9 Å². The molecule has 0 aromatic heterocycles. The zero-order chi connectivity index (χ0) is 6.81. The molecule has 2 heteroatoms. The van der Waals surface area contributed by atoms with E-state index in [0.29, 0.717) is 0 Å². The second kappa shape index (κ2) is 2.87. The van der Waals surface area contributed by atoms with Crippen LogP contribution >= 0.6 is 11.8 Å². The Kier molecular flexibility index (Phi) is 1.89. The molecule has 0 aromatic rings. The lowest BCUT2D eigenvalue weighted by Crippen LogP contribution is -2.28. The monoisotopic (exact) mass is 155 g/mol. The highest BCUT2D eigenvalue weighted by Crippen LogP contribution is 2.24. The van der Waals surface area contributed by atoms with Crippen molar-refractivity contribution < 1.29 is 0 Å². The number of hydrogen-bond donors (Lipinski definition) is 0. The van der Waals surface area contributed by atoms with Gasteiger partial charge in [0, 0.05) is 18.3 Å². The third kappa shape index (κ3) is 1.17. The minimum Gasteiger partial charge on any atom is -0.374 e. The summed E-state index contributed by atoms with van der Waals surface area (Å²) in [5.74, 6) is 2.72. The Hall–Kier alpha value is -0.110. The number of thioether (sulfide) groups is 1. The van der Waals surface area contributed by atoms with Crippen LogP contribution in [-0.2, 0) is 0 Å². The highest BCUT2D eigenvalue weighted by molar-refractivity contribution is 7.99. The molecule has 0 aliphatic carbocycles. The molecule has 0 saturated carbocycles. The smallest absolute Gasteiger partial charge is 0.0382 e. The average Bonchev–Trinajstić information content (AvgIpc) is 2.59. The average molecular weight is 155 g/mol. The summed E-state index contributed by atoms with van der Waals surface area (Å²) in [4.78, 5) is 2.50. The van der Waals surface area contributed by atoms with Gasteiger partial charge in [-0.3, -0.25) is 0 Å². The Labute approximate surface area is 66.5 Å². The predicted octanol–water partition coefficient (Wildman–Crippen LogP) is 1.71. The van der Waals surface area contributed by atoms with Gasteiger partial charge in [0.25, 0.3) is 0 Å². The van der Waals surface area contributed by atoms with E-state index in [2.05, 4.69) is 28.9 Å². The van der Waals surface area contributed by atoms with Crippen LogP contribution in [0.15, 0.2) is 12.3 Å². The van der Waals surface area contributed by atoms with Crippen LogP contribution in [0.1, 0.15) is 12.8 Å². The van der Waals surface area contributed by atoms with Gasteiger partial charge in [0.2, 0.25) is 0 Å². The van der Waals surface area contributed by atoms with Gasteiger partial charge in [-0.2, -0.15) is 11.8 Å². The first-order valence-corrected chi connectivity index (χ1v) is 5.12. The van der Waals surface area contributed by atoms with Crippen molar-refractivity contribution in [2.45, 2.75) is 18.9 Å². The minimum atomic E-state index is 0.865. The molecular formula is C8H13NS. The van der Waals surface area contributed by atoms with Crippen molar-refractivity contribution in [3.63, 3.8) is 0 Å².